The summed E-state index contributed by atoms with van der Waals surface area (Å²) in [6.45, 7) is 6.30. The zero-order chi connectivity index (χ0) is 13.0. The minimum Gasteiger partial charge on any atom is -0.353 e. The Morgan fingerprint density at radius 2 is 1.89 bits per heavy atom. The molecule has 0 aromatic rings. The standard InChI is InChI=1S/C15H28N2O/c1-3-14(12-7-5-4-6-8-12)17-15(18)11(2)13-9-16-10-13/h11-14,16H,3-10H2,1-2H3,(H,17,18). The highest BCUT2D eigenvalue weighted by Gasteiger charge is 2.31. The van der Waals surface area contributed by atoms with E-state index in [4.69, 9.17) is 0 Å². The summed E-state index contributed by atoms with van der Waals surface area (Å²) in [6, 6.07) is 0.410. The van der Waals surface area contributed by atoms with Crippen LogP contribution in [0.3, 0.4) is 0 Å². The quantitative estimate of drug-likeness (QED) is 0.788. The van der Waals surface area contributed by atoms with Crippen molar-refractivity contribution >= 4 is 5.91 Å². The molecule has 2 N–H and O–H groups in total. The van der Waals surface area contributed by atoms with Crippen molar-refractivity contribution in [2.24, 2.45) is 17.8 Å². The zero-order valence-corrected chi connectivity index (χ0v) is 11.9. The fraction of sp³-hybridized carbons (Fsp3) is 0.933. The van der Waals surface area contributed by atoms with E-state index >= 15 is 0 Å². The number of carbonyl (C=O) groups excluding carboxylic acids is 1. The Balaban J connectivity index is 1.82. The SMILES string of the molecule is CCC(NC(=O)C(C)C1CNC1)C1CCCCC1. The van der Waals surface area contributed by atoms with Crippen molar-refractivity contribution in [2.45, 2.75) is 58.4 Å². The average Bonchev–Trinajstić information content (AvgIpc) is 2.34. The molecule has 2 fully saturated rings. The second-order valence-electron chi connectivity index (χ2n) is 6.13. The normalized spacial score (nSPS) is 25.2. The van der Waals surface area contributed by atoms with Crippen LogP contribution in [-0.2, 0) is 4.79 Å². The minimum absolute atomic E-state index is 0.170. The zero-order valence-electron chi connectivity index (χ0n) is 11.9. The smallest absolute Gasteiger partial charge is 0.223 e. The first kappa shape index (κ1) is 13.9. The highest BCUT2D eigenvalue weighted by Crippen LogP contribution is 2.28. The van der Waals surface area contributed by atoms with Gasteiger partial charge in [-0.05, 0) is 44.2 Å². The predicted octanol–water partition coefficient (Wildman–Crippen LogP) is 2.32. The van der Waals surface area contributed by atoms with E-state index in [2.05, 4.69) is 24.5 Å². The van der Waals surface area contributed by atoms with Crippen LogP contribution in [0, 0.1) is 17.8 Å². The number of nitrogens with one attached hydrogen (secondary N) is 2. The molecule has 1 saturated heterocycles. The van der Waals surface area contributed by atoms with Gasteiger partial charge >= 0.3 is 0 Å². The van der Waals surface area contributed by atoms with Crippen molar-refractivity contribution in [3.8, 4) is 0 Å². The third kappa shape index (κ3) is 3.25. The predicted molar refractivity (Wildman–Crippen MR) is 74.3 cm³/mol. The summed E-state index contributed by atoms with van der Waals surface area (Å²) >= 11 is 0. The molecule has 0 aromatic carbocycles. The van der Waals surface area contributed by atoms with Crippen molar-refractivity contribution in [3.05, 3.63) is 0 Å². The molecule has 2 atom stereocenters. The van der Waals surface area contributed by atoms with Crippen LogP contribution < -0.4 is 10.6 Å². The van der Waals surface area contributed by atoms with Crippen molar-refractivity contribution in [3.63, 3.8) is 0 Å². The van der Waals surface area contributed by atoms with Crippen LogP contribution in [0.5, 0.6) is 0 Å². The minimum atomic E-state index is 0.170. The number of rotatable bonds is 5. The lowest BCUT2D eigenvalue weighted by Crippen LogP contribution is -2.51. The summed E-state index contributed by atoms with van der Waals surface area (Å²) in [5, 5.41) is 6.57. The Kier molecular flexibility index (Phi) is 5.04. The van der Waals surface area contributed by atoms with Gasteiger partial charge < -0.3 is 10.6 Å². The van der Waals surface area contributed by atoms with Gasteiger partial charge in [-0.1, -0.05) is 33.1 Å². The van der Waals surface area contributed by atoms with Gasteiger partial charge in [-0.25, -0.2) is 0 Å². The molecular formula is C15H28N2O. The number of carbonyl (C=O) groups is 1. The molecule has 3 nitrogen and oxygen atoms in total. The lowest BCUT2D eigenvalue weighted by atomic mass is 9.82. The van der Waals surface area contributed by atoms with E-state index in [0.29, 0.717) is 12.0 Å². The number of amides is 1. The summed E-state index contributed by atoms with van der Waals surface area (Å²) in [6.07, 6.45) is 7.76. The summed E-state index contributed by atoms with van der Waals surface area (Å²) in [7, 11) is 0. The topological polar surface area (TPSA) is 41.1 Å². The van der Waals surface area contributed by atoms with Gasteiger partial charge in [0.1, 0.15) is 0 Å². The largest absolute Gasteiger partial charge is 0.353 e. The molecule has 0 bridgehead atoms. The highest BCUT2D eigenvalue weighted by atomic mass is 16.1. The lowest BCUT2D eigenvalue weighted by Gasteiger charge is -2.35. The van der Waals surface area contributed by atoms with Crippen LogP contribution >= 0.6 is 0 Å². The molecule has 0 radical (unpaired) electrons. The summed E-state index contributed by atoms with van der Waals surface area (Å²) in [5.41, 5.74) is 0. The van der Waals surface area contributed by atoms with E-state index in [1.54, 1.807) is 0 Å². The molecule has 0 aromatic heterocycles. The van der Waals surface area contributed by atoms with Crippen LogP contribution in [0.2, 0.25) is 0 Å². The molecule has 1 heterocycles. The Bertz CT molecular complexity index is 270. The van der Waals surface area contributed by atoms with Crippen molar-refractivity contribution < 1.29 is 4.79 Å². The fourth-order valence-electron chi connectivity index (χ4n) is 3.28. The van der Waals surface area contributed by atoms with Crippen molar-refractivity contribution in [2.75, 3.05) is 13.1 Å². The molecule has 1 aliphatic carbocycles. The van der Waals surface area contributed by atoms with Gasteiger partial charge in [0.25, 0.3) is 0 Å². The van der Waals surface area contributed by atoms with E-state index in [9.17, 15) is 4.79 Å². The van der Waals surface area contributed by atoms with E-state index in [-0.39, 0.29) is 11.8 Å². The first-order chi connectivity index (χ1) is 8.72. The molecule has 1 amide bonds. The second kappa shape index (κ2) is 6.55. The van der Waals surface area contributed by atoms with Crippen LogP contribution in [0.1, 0.15) is 52.4 Å². The summed E-state index contributed by atoms with van der Waals surface area (Å²) < 4.78 is 0. The Morgan fingerprint density at radius 1 is 1.22 bits per heavy atom. The molecule has 18 heavy (non-hydrogen) atoms. The van der Waals surface area contributed by atoms with Crippen molar-refractivity contribution in [1.29, 1.82) is 0 Å². The van der Waals surface area contributed by atoms with E-state index in [1.807, 2.05) is 0 Å². The molecule has 1 saturated carbocycles. The van der Waals surface area contributed by atoms with Gasteiger partial charge in [0.05, 0.1) is 0 Å². The maximum Gasteiger partial charge on any atom is 0.223 e. The van der Waals surface area contributed by atoms with Gasteiger partial charge in [-0.3, -0.25) is 4.79 Å². The lowest BCUT2D eigenvalue weighted by molar-refractivity contribution is -0.128. The third-order valence-corrected chi connectivity index (χ3v) is 4.92. The van der Waals surface area contributed by atoms with Gasteiger partial charge in [-0.15, -0.1) is 0 Å². The van der Waals surface area contributed by atoms with Crippen molar-refractivity contribution in [1.82, 2.24) is 10.6 Å². The van der Waals surface area contributed by atoms with Crippen LogP contribution in [-0.4, -0.2) is 25.0 Å². The van der Waals surface area contributed by atoms with E-state index in [1.165, 1.54) is 32.1 Å². The first-order valence-electron chi connectivity index (χ1n) is 7.73. The van der Waals surface area contributed by atoms with Crippen LogP contribution in [0.15, 0.2) is 0 Å². The number of hydrogen-bond acceptors (Lipinski definition) is 2. The van der Waals surface area contributed by atoms with Gasteiger partial charge in [0.15, 0.2) is 0 Å². The van der Waals surface area contributed by atoms with Crippen LogP contribution in [0.4, 0.5) is 0 Å². The molecular weight excluding hydrogens is 224 g/mol. The molecule has 1 aliphatic heterocycles. The molecule has 3 heteroatoms. The maximum atomic E-state index is 12.3. The molecule has 2 rings (SSSR count). The average molecular weight is 252 g/mol. The highest BCUT2D eigenvalue weighted by molar-refractivity contribution is 5.79. The van der Waals surface area contributed by atoms with Gasteiger partial charge in [-0.2, -0.15) is 0 Å². The third-order valence-electron chi connectivity index (χ3n) is 4.92. The second-order valence-corrected chi connectivity index (χ2v) is 6.13. The monoisotopic (exact) mass is 252 g/mol. The number of hydrogen-bond donors (Lipinski definition) is 2. The van der Waals surface area contributed by atoms with Crippen LogP contribution in [0.25, 0.3) is 0 Å². The Hall–Kier alpha value is -0.570. The molecule has 104 valence electrons. The molecule has 2 unspecified atom stereocenters. The summed E-state index contributed by atoms with van der Waals surface area (Å²) in [4.78, 5) is 12.3. The Morgan fingerprint density at radius 3 is 2.39 bits per heavy atom. The molecule has 2 aliphatic rings. The summed E-state index contributed by atoms with van der Waals surface area (Å²) in [5.74, 6) is 1.72. The van der Waals surface area contributed by atoms with E-state index in [0.717, 1.165) is 25.4 Å². The molecule has 0 spiro atoms. The van der Waals surface area contributed by atoms with Gasteiger partial charge in [0.2, 0.25) is 5.91 Å². The fourth-order valence-corrected chi connectivity index (χ4v) is 3.28. The van der Waals surface area contributed by atoms with Gasteiger partial charge in [0, 0.05) is 12.0 Å². The van der Waals surface area contributed by atoms with E-state index < -0.39 is 0 Å². The first-order valence-corrected chi connectivity index (χ1v) is 7.73. The Labute approximate surface area is 111 Å². The maximum absolute atomic E-state index is 12.3.